The van der Waals surface area contributed by atoms with Gasteiger partial charge in [0.1, 0.15) is 11.6 Å². The summed E-state index contributed by atoms with van der Waals surface area (Å²) in [5, 5.41) is 0. The van der Waals surface area contributed by atoms with Crippen molar-refractivity contribution in [1.82, 2.24) is 0 Å². The summed E-state index contributed by atoms with van der Waals surface area (Å²) in [6.07, 6.45) is 7.28. The van der Waals surface area contributed by atoms with Gasteiger partial charge in [0.05, 0.1) is 0 Å². The van der Waals surface area contributed by atoms with Gasteiger partial charge in [0.25, 0.3) is 0 Å². The van der Waals surface area contributed by atoms with Crippen molar-refractivity contribution in [3.63, 3.8) is 0 Å². The predicted octanol–water partition coefficient (Wildman–Crippen LogP) is 8.61. The van der Waals surface area contributed by atoms with Crippen molar-refractivity contribution in [2.24, 2.45) is 16.7 Å². The normalized spacial score (nSPS) is 32.5. The van der Waals surface area contributed by atoms with E-state index in [1.54, 1.807) is 19.2 Å². The molecule has 0 radical (unpaired) electrons. The Bertz CT molecular complexity index is 1060. The van der Waals surface area contributed by atoms with E-state index in [1.807, 2.05) is 0 Å². The van der Waals surface area contributed by atoms with Crippen LogP contribution in [0.2, 0.25) is 0 Å². The maximum absolute atomic E-state index is 15.3. The third-order valence-electron chi connectivity index (χ3n) is 8.52. The van der Waals surface area contributed by atoms with E-state index in [-0.39, 0.29) is 18.0 Å². The molecule has 0 amide bonds. The highest BCUT2D eigenvalue weighted by atomic mass is 79.9. The van der Waals surface area contributed by atoms with Crippen molar-refractivity contribution in [2.75, 3.05) is 13.9 Å². The molecular weight excluding hydrogens is 479 g/mol. The molecule has 4 aliphatic rings. The lowest BCUT2D eigenvalue weighted by Crippen LogP contribution is -2.57. The van der Waals surface area contributed by atoms with Crippen LogP contribution in [0.5, 0.6) is 5.75 Å². The van der Waals surface area contributed by atoms with Gasteiger partial charge in [0.2, 0.25) is 0 Å². The molecule has 0 spiro atoms. The molecule has 33 heavy (non-hydrogen) atoms. The van der Waals surface area contributed by atoms with E-state index in [0.29, 0.717) is 16.7 Å². The Morgan fingerprint density at radius 3 is 2.27 bits per heavy atom. The van der Waals surface area contributed by atoms with Gasteiger partial charge in [-0.3, -0.25) is 0 Å². The van der Waals surface area contributed by atoms with Crippen LogP contribution >= 0.6 is 15.9 Å². The van der Waals surface area contributed by atoms with Gasteiger partial charge in [-0.05, 0) is 90.5 Å². The molecule has 4 heteroatoms. The molecule has 0 aromatic heterocycles. The van der Waals surface area contributed by atoms with Crippen LogP contribution in [0.15, 0.2) is 34.8 Å². The lowest BCUT2D eigenvalue weighted by Gasteiger charge is -2.65. The van der Waals surface area contributed by atoms with Crippen LogP contribution in [0.4, 0.5) is 4.39 Å². The molecule has 0 saturated heterocycles. The van der Waals surface area contributed by atoms with Gasteiger partial charge in [-0.25, -0.2) is 4.39 Å². The first-order valence-electron chi connectivity index (χ1n) is 12.3. The summed E-state index contributed by atoms with van der Waals surface area (Å²) in [7, 11) is 1.64. The van der Waals surface area contributed by atoms with Gasteiger partial charge < -0.3 is 9.47 Å². The second-order valence-corrected chi connectivity index (χ2v) is 13.0. The number of ether oxygens (including phenoxy) is 2. The third kappa shape index (κ3) is 4.05. The van der Waals surface area contributed by atoms with Crippen molar-refractivity contribution < 1.29 is 13.9 Å². The lowest BCUT2D eigenvalue weighted by molar-refractivity contribution is -0.110. The smallest absolute Gasteiger partial charge is 0.188 e. The Balaban J connectivity index is 1.69. The highest BCUT2D eigenvalue weighted by Gasteiger charge is 2.61. The summed E-state index contributed by atoms with van der Waals surface area (Å²) < 4.78 is 27.9. The van der Waals surface area contributed by atoms with E-state index in [0.717, 1.165) is 52.1 Å². The van der Waals surface area contributed by atoms with Crippen molar-refractivity contribution >= 4 is 15.9 Å². The molecule has 0 heterocycles. The Hall–Kier alpha value is -1.39. The minimum absolute atomic E-state index is 0.0345. The second-order valence-electron chi connectivity index (χ2n) is 12.2. The fraction of sp³-hybridized carbons (Fsp3) is 0.586. The average molecular weight is 516 g/mol. The molecular formula is C29H36BrFO2. The van der Waals surface area contributed by atoms with Gasteiger partial charge in [-0.15, -0.1) is 0 Å². The van der Waals surface area contributed by atoms with Crippen LogP contribution in [-0.2, 0) is 10.2 Å². The Labute approximate surface area is 206 Å². The van der Waals surface area contributed by atoms with Gasteiger partial charge >= 0.3 is 0 Å². The molecule has 4 bridgehead atoms. The molecule has 178 valence electrons. The zero-order valence-corrected chi connectivity index (χ0v) is 22.1. The van der Waals surface area contributed by atoms with E-state index >= 15 is 4.39 Å². The molecule has 4 fully saturated rings. The number of methoxy groups -OCH3 is 1. The number of benzene rings is 2. The maximum Gasteiger partial charge on any atom is 0.188 e. The number of hydrogen-bond acceptors (Lipinski definition) is 2. The first-order chi connectivity index (χ1) is 15.6. The van der Waals surface area contributed by atoms with E-state index in [4.69, 9.17) is 9.47 Å². The zero-order valence-electron chi connectivity index (χ0n) is 20.6. The first-order valence-corrected chi connectivity index (χ1v) is 13.1. The van der Waals surface area contributed by atoms with Crippen LogP contribution < -0.4 is 4.74 Å². The fourth-order valence-corrected chi connectivity index (χ4v) is 8.93. The predicted molar refractivity (Wildman–Crippen MR) is 135 cm³/mol. The largest absolute Gasteiger partial charge is 0.467 e. The molecule has 2 aromatic carbocycles. The maximum atomic E-state index is 15.3. The van der Waals surface area contributed by atoms with Gasteiger partial charge in [0, 0.05) is 28.1 Å². The molecule has 0 aliphatic heterocycles. The molecule has 1 unspecified atom stereocenters. The molecule has 6 rings (SSSR count). The summed E-state index contributed by atoms with van der Waals surface area (Å²) in [4.78, 5) is 0. The van der Waals surface area contributed by atoms with Crippen LogP contribution in [0.25, 0.3) is 11.1 Å². The lowest BCUT2D eigenvalue weighted by atomic mass is 9.39. The summed E-state index contributed by atoms with van der Waals surface area (Å²) >= 11 is 3.78. The van der Waals surface area contributed by atoms with E-state index in [9.17, 15) is 0 Å². The highest BCUT2D eigenvalue weighted by molar-refractivity contribution is 9.10. The first kappa shape index (κ1) is 23.4. The Morgan fingerprint density at radius 2 is 1.70 bits per heavy atom. The van der Waals surface area contributed by atoms with Gasteiger partial charge in [-0.2, -0.15) is 0 Å². The highest BCUT2D eigenvalue weighted by Crippen LogP contribution is 2.70. The average Bonchev–Trinajstić information content (AvgIpc) is 2.69. The van der Waals surface area contributed by atoms with Gasteiger partial charge in [-0.1, -0.05) is 55.8 Å². The summed E-state index contributed by atoms with van der Waals surface area (Å²) in [5.41, 5.74) is 4.72. The van der Waals surface area contributed by atoms with E-state index in [1.165, 1.54) is 24.8 Å². The summed E-state index contributed by atoms with van der Waals surface area (Å²) in [6.45, 7) is 9.44. The number of halogens is 2. The van der Waals surface area contributed by atoms with Crippen LogP contribution in [0.3, 0.4) is 0 Å². The topological polar surface area (TPSA) is 18.5 Å². The van der Waals surface area contributed by atoms with Crippen molar-refractivity contribution in [3.05, 3.63) is 51.7 Å². The van der Waals surface area contributed by atoms with E-state index in [2.05, 4.69) is 61.8 Å². The van der Waals surface area contributed by atoms with Gasteiger partial charge in [0.15, 0.2) is 6.79 Å². The molecule has 2 nitrogen and oxygen atoms in total. The van der Waals surface area contributed by atoms with E-state index < -0.39 is 0 Å². The van der Waals surface area contributed by atoms with Crippen molar-refractivity contribution in [1.29, 1.82) is 0 Å². The monoisotopic (exact) mass is 514 g/mol. The number of rotatable bonds is 6. The standard InChI is InChI=1S/C29H36BrFO2/c1-18(2)20-6-7-22(25(30)8-20)23-9-21(31)10-24(26(23)33-17-32-5)29-13-19-11-27(3,15-29)14-28(4,12-19)16-29/h6-10,18-19H,11-17H2,1-5H3/t19-,27-,28+,29?. The fourth-order valence-electron chi connectivity index (χ4n) is 8.32. The van der Waals surface area contributed by atoms with Crippen LogP contribution in [-0.4, -0.2) is 13.9 Å². The quantitative estimate of drug-likeness (QED) is 0.359. The Kier molecular flexibility index (Phi) is 5.72. The zero-order chi connectivity index (χ0) is 23.6. The molecule has 2 aromatic rings. The Morgan fingerprint density at radius 1 is 1.00 bits per heavy atom. The third-order valence-corrected chi connectivity index (χ3v) is 9.18. The second kappa shape index (κ2) is 8.09. The number of hydrogen-bond donors (Lipinski definition) is 0. The minimum Gasteiger partial charge on any atom is -0.467 e. The summed E-state index contributed by atoms with van der Waals surface area (Å²) in [5.74, 6) is 1.76. The molecule has 4 saturated carbocycles. The van der Waals surface area contributed by atoms with Crippen LogP contribution in [0, 0.1) is 22.6 Å². The van der Waals surface area contributed by atoms with Crippen molar-refractivity contribution in [3.8, 4) is 16.9 Å². The van der Waals surface area contributed by atoms with Crippen LogP contribution in [0.1, 0.15) is 83.3 Å². The molecule has 0 N–H and O–H groups in total. The SMILES string of the molecule is COCOc1c(-c2ccc(C(C)C)cc2Br)cc(F)cc1C12C[C@@H]3C[C@@](C)(C1)C[C@](C)(C3)C2. The van der Waals surface area contributed by atoms with Crippen molar-refractivity contribution in [2.45, 2.75) is 77.6 Å². The molecule has 4 atom stereocenters. The summed E-state index contributed by atoms with van der Waals surface area (Å²) in [6, 6.07) is 9.79. The molecule has 4 aliphatic carbocycles. The minimum atomic E-state index is -0.185.